The number of benzene rings is 1. The first-order valence-electron chi connectivity index (χ1n) is 8.39. The highest BCUT2D eigenvalue weighted by Crippen LogP contribution is 2.16. The van der Waals surface area contributed by atoms with Crippen LogP contribution in [0.15, 0.2) is 24.3 Å². The van der Waals surface area contributed by atoms with E-state index in [0.29, 0.717) is 24.8 Å². The van der Waals surface area contributed by atoms with Gasteiger partial charge in [0.15, 0.2) is 0 Å². The summed E-state index contributed by atoms with van der Waals surface area (Å²) in [5.74, 6) is -0.00775. The fourth-order valence-electron chi connectivity index (χ4n) is 2.96. The second kappa shape index (κ2) is 11.4. The number of halogens is 1. The van der Waals surface area contributed by atoms with Crippen LogP contribution in [-0.2, 0) is 11.3 Å². The Bertz CT molecular complexity index is 443. The summed E-state index contributed by atoms with van der Waals surface area (Å²) >= 11 is 0. The van der Waals surface area contributed by atoms with Crippen LogP contribution >= 0.6 is 12.4 Å². The first kappa shape index (κ1) is 19.9. The van der Waals surface area contributed by atoms with Gasteiger partial charge in [0.25, 0.3) is 5.91 Å². The van der Waals surface area contributed by atoms with E-state index < -0.39 is 0 Å². The third kappa shape index (κ3) is 7.34. The molecule has 0 unspecified atom stereocenters. The van der Waals surface area contributed by atoms with Crippen LogP contribution in [0.5, 0.6) is 0 Å². The number of carbonyl (C=O) groups is 1. The van der Waals surface area contributed by atoms with Gasteiger partial charge in [0.1, 0.15) is 0 Å². The minimum Gasteiger partial charge on any atom is -0.380 e. The predicted molar refractivity (Wildman–Crippen MR) is 96.2 cm³/mol. The fourth-order valence-corrected chi connectivity index (χ4v) is 2.96. The molecule has 0 atom stereocenters. The van der Waals surface area contributed by atoms with E-state index in [1.165, 1.54) is 38.5 Å². The van der Waals surface area contributed by atoms with E-state index >= 15 is 0 Å². The molecule has 1 fully saturated rings. The van der Waals surface area contributed by atoms with Crippen molar-refractivity contribution in [3.63, 3.8) is 0 Å². The Morgan fingerprint density at radius 3 is 2.35 bits per heavy atom. The molecule has 0 bridgehead atoms. The van der Waals surface area contributed by atoms with Crippen molar-refractivity contribution in [2.75, 3.05) is 20.2 Å². The molecular formula is C18H29ClN2O2. The Kier molecular flexibility index (Phi) is 9.92. The fraction of sp³-hybridized carbons (Fsp3) is 0.611. The van der Waals surface area contributed by atoms with E-state index in [2.05, 4.69) is 10.6 Å². The summed E-state index contributed by atoms with van der Waals surface area (Å²) in [7, 11) is 1.67. The minimum absolute atomic E-state index is 0. The van der Waals surface area contributed by atoms with E-state index in [9.17, 15) is 4.79 Å². The largest absolute Gasteiger partial charge is 0.380 e. The molecule has 130 valence electrons. The molecule has 1 saturated carbocycles. The summed E-state index contributed by atoms with van der Waals surface area (Å²) in [4.78, 5) is 12.0. The van der Waals surface area contributed by atoms with Crippen molar-refractivity contribution < 1.29 is 9.53 Å². The van der Waals surface area contributed by atoms with Crippen molar-refractivity contribution >= 4 is 18.3 Å². The first-order chi connectivity index (χ1) is 10.8. The number of hydrogen-bond donors (Lipinski definition) is 2. The van der Waals surface area contributed by atoms with Crippen LogP contribution in [0.4, 0.5) is 0 Å². The molecule has 1 aliphatic carbocycles. The van der Waals surface area contributed by atoms with Crippen molar-refractivity contribution in [2.24, 2.45) is 0 Å². The Morgan fingerprint density at radius 2 is 1.74 bits per heavy atom. The minimum atomic E-state index is -0.00775. The summed E-state index contributed by atoms with van der Waals surface area (Å²) in [6, 6.07) is 8.20. The molecule has 0 heterocycles. The summed E-state index contributed by atoms with van der Waals surface area (Å²) in [5.41, 5.74) is 1.78. The van der Waals surface area contributed by atoms with Gasteiger partial charge in [-0.15, -0.1) is 12.4 Å². The summed E-state index contributed by atoms with van der Waals surface area (Å²) < 4.78 is 5.07. The average molecular weight is 341 g/mol. The Labute approximate surface area is 145 Å². The number of hydrogen-bond acceptors (Lipinski definition) is 3. The van der Waals surface area contributed by atoms with Crippen LogP contribution in [0.25, 0.3) is 0 Å². The molecule has 0 aliphatic heterocycles. The maximum Gasteiger partial charge on any atom is 0.251 e. The number of methoxy groups -OCH3 is 1. The van der Waals surface area contributed by atoms with Crippen molar-refractivity contribution in [2.45, 2.75) is 51.2 Å². The number of amides is 1. The number of rotatable bonds is 7. The van der Waals surface area contributed by atoms with Gasteiger partial charge in [-0.3, -0.25) is 4.79 Å². The van der Waals surface area contributed by atoms with E-state index in [4.69, 9.17) is 4.74 Å². The van der Waals surface area contributed by atoms with Gasteiger partial charge in [-0.1, -0.05) is 37.8 Å². The topological polar surface area (TPSA) is 50.4 Å². The molecule has 1 aliphatic rings. The lowest BCUT2D eigenvalue weighted by molar-refractivity contribution is 0.0953. The third-order valence-corrected chi connectivity index (χ3v) is 4.23. The van der Waals surface area contributed by atoms with Gasteiger partial charge in [-0.2, -0.15) is 0 Å². The molecule has 1 aromatic rings. The first-order valence-corrected chi connectivity index (χ1v) is 8.39. The molecule has 2 N–H and O–H groups in total. The molecule has 0 saturated heterocycles. The predicted octanol–water partition coefficient (Wildman–Crippen LogP) is 3.30. The van der Waals surface area contributed by atoms with E-state index in [-0.39, 0.29) is 18.3 Å². The van der Waals surface area contributed by atoms with Crippen molar-refractivity contribution in [1.82, 2.24) is 10.6 Å². The Hall–Kier alpha value is -1.10. The zero-order valence-electron chi connectivity index (χ0n) is 14.0. The highest BCUT2D eigenvalue weighted by Gasteiger charge is 2.11. The van der Waals surface area contributed by atoms with E-state index in [1.807, 2.05) is 24.3 Å². The zero-order chi connectivity index (χ0) is 15.6. The van der Waals surface area contributed by atoms with Crippen molar-refractivity contribution in [3.05, 3.63) is 35.4 Å². The van der Waals surface area contributed by atoms with Crippen LogP contribution < -0.4 is 10.6 Å². The monoisotopic (exact) mass is 340 g/mol. The third-order valence-electron chi connectivity index (χ3n) is 4.23. The molecule has 0 aromatic heterocycles. The molecule has 1 amide bonds. The molecule has 5 heteroatoms. The molecular weight excluding hydrogens is 312 g/mol. The van der Waals surface area contributed by atoms with Gasteiger partial charge in [0.2, 0.25) is 0 Å². The molecule has 0 spiro atoms. The van der Waals surface area contributed by atoms with Crippen LogP contribution in [0, 0.1) is 0 Å². The van der Waals surface area contributed by atoms with E-state index in [0.717, 1.165) is 12.1 Å². The van der Waals surface area contributed by atoms with Gasteiger partial charge in [0.05, 0.1) is 6.61 Å². The van der Waals surface area contributed by atoms with Crippen molar-refractivity contribution in [1.29, 1.82) is 0 Å². The second-order valence-corrected chi connectivity index (χ2v) is 6.03. The standard InChI is InChI=1S/C18H28N2O2.ClH/c1-22-14-15-8-10-16(11-9-15)18(21)20-13-12-19-17-6-4-2-3-5-7-17;/h8-11,17,19H,2-7,12-14H2,1H3,(H,20,21);1H. The summed E-state index contributed by atoms with van der Waals surface area (Å²) in [6.07, 6.45) is 7.95. The van der Waals surface area contributed by atoms with Gasteiger partial charge in [0, 0.05) is 31.8 Å². The lowest BCUT2D eigenvalue weighted by atomic mass is 10.1. The molecule has 0 radical (unpaired) electrons. The molecule has 4 nitrogen and oxygen atoms in total. The van der Waals surface area contributed by atoms with Crippen LogP contribution in [0.3, 0.4) is 0 Å². The maximum absolute atomic E-state index is 12.0. The molecule has 1 aromatic carbocycles. The van der Waals surface area contributed by atoms with Gasteiger partial charge in [-0.05, 0) is 30.5 Å². The smallest absolute Gasteiger partial charge is 0.251 e. The van der Waals surface area contributed by atoms with Crippen LogP contribution in [0.2, 0.25) is 0 Å². The van der Waals surface area contributed by atoms with Crippen molar-refractivity contribution in [3.8, 4) is 0 Å². The molecule has 2 rings (SSSR count). The number of carbonyl (C=O) groups excluding carboxylic acids is 1. The maximum atomic E-state index is 12.0. The quantitative estimate of drug-likeness (QED) is 0.591. The zero-order valence-corrected chi connectivity index (χ0v) is 14.8. The van der Waals surface area contributed by atoms with Gasteiger partial charge < -0.3 is 15.4 Å². The van der Waals surface area contributed by atoms with E-state index in [1.54, 1.807) is 7.11 Å². The lowest BCUT2D eigenvalue weighted by Crippen LogP contribution is -2.36. The lowest BCUT2D eigenvalue weighted by Gasteiger charge is -2.16. The average Bonchev–Trinajstić information content (AvgIpc) is 2.81. The second-order valence-electron chi connectivity index (χ2n) is 6.03. The van der Waals surface area contributed by atoms with Crippen LogP contribution in [-0.4, -0.2) is 32.1 Å². The summed E-state index contributed by atoms with van der Waals surface area (Å²) in [6.45, 7) is 2.10. The number of nitrogens with one attached hydrogen (secondary N) is 2. The van der Waals surface area contributed by atoms with Crippen LogP contribution in [0.1, 0.15) is 54.4 Å². The molecule has 23 heavy (non-hydrogen) atoms. The Morgan fingerprint density at radius 1 is 1.09 bits per heavy atom. The number of ether oxygens (including phenoxy) is 1. The highest BCUT2D eigenvalue weighted by molar-refractivity contribution is 5.94. The Balaban J connectivity index is 0.00000264. The van der Waals surface area contributed by atoms with Gasteiger partial charge in [-0.25, -0.2) is 0 Å². The highest BCUT2D eigenvalue weighted by atomic mass is 35.5. The van der Waals surface area contributed by atoms with Gasteiger partial charge >= 0.3 is 0 Å². The normalized spacial score (nSPS) is 15.5. The SMILES string of the molecule is COCc1ccc(C(=O)NCCNC2CCCCCC2)cc1.Cl. The summed E-state index contributed by atoms with van der Waals surface area (Å²) in [5, 5.41) is 6.54.